The molecule has 0 aromatic carbocycles. The zero-order valence-electron chi connectivity index (χ0n) is 36.6. The zero-order valence-corrected chi connectivity index (χ0v) is 36.6. The molecule has 13 heteroatoms. The number of allylic oxidation sites excluding steroid dienone is 1. The van der Waals surface area contributed by atoms with Crippen LogP contribution in [0, 0.1) is 35.5 Å². The fourth-order valence-corrected chi connectivity index (χ4v) is 12.9. The second-order valence-electron chi connectivity index (χ2n) is 20.9. The summed E-state index contributed by atoms with van der Waals surface area (Å²) in [6, 6.07) is 0. The molecule has 0 aliphatic carbocycles. The van der Waals surface area contributed by atoms with E-state index in [-0.39, 0.29) is 60.8 Å². The highest BCUT2D eigenvalue weighted by atomic mass is 16.8. The number of ether oxygens (including phenoxy) is 8. The predicted octanol–water partition coefficient (Wildman–Crippen LogP) is 6.26. The maximum Gasteiger partial charge on any atom is 0.303 e. The summed E-state index contributed by atoms with van der Waals surface area (Å²) < 4.78 is 54.2. The van der Waals surface area contributed by atoms with Crippen LogP contribution < -0.4 is 5.32 Å². The van der Waals surface area contributed by atoms with Crippen LogP contribution in [0.5, 0.6) is 0 Å². The summed E-state index contributed by atoms with van der Waals surface area (Å²) in [6.45, 7) is 18.5. The van der Waals surface area contributed by atoms with E-state index in [0.717, 1.165) is 37.8 Å². The fourth-order valence-electron chi connectivity index (χ4n) is 12.9. The Bertz CT molecular complexity index is 1690. The first-order chi connectivity index (χ1) is 28.4. The van der Waals surface area contributed by atoms with Crippen LogP contribution >= 0.6 is 0 Å². The largest absolute Gasteiger partial charge is 0.481 e. The average Bonchev–Trinajstić information content (AvgIpc) is 3.87. The standard InChI is InChI=1S/C47H71NO12/c1-26-18-36-41-38(24-45(58-41)30(5)17-27(2)25-48-45)56-44(22-26,55-36)23-29(4)40-28(3)19-32(7)47(52,59-40)42(51)37-21-35-34(53-37)20-31(6)46(57-35)16-15-43(60-46)14-10-12-33(54-43)11-8-9-13-39(49)50/h8,10-12,26-28,30-38,40-42,48,51-52H,4,9,13-25H2,1-3,5-7H3,(H,49,50). The lowest BCUT2D eigenvalue weighted by Crippen LogP contribution is -2.62. The summed E-state index contributed by atoms with van der Waals surface area (Å²) in [7, 11) is 0. The maximum atomic E-state index is 12.4. The minimum atomic E-state index is -1.88. The quantitative estimate of drug-likeness (QED) is 0.193. The van der Waals surface area contributed by atoms with Crippen molar-refractivity contribution in [3.8, 4) is 0 Å². The zero-order chi connectivity index (χ0) is 42.4. The van der Waals surface area contributed by atoms with E-state index in [4.69, 9.17) is 43.0 Å². The summed E-state index contributed by atoms with van der Waals surface area (Å²) in [5.41, 5.74) is 0.391. The molecule has 8 fully saturated rings. The van der Waals surface area contributed by atoms with Gasteiger partial charge in [0.25, 0.3) is 0 Å². The lowest BCUT2D eigenvalue weighted by molar-refractivity contribution is -0.367. The Labute approximate surface area is 355 Å². The summed E-state index contributed by atoms with van der Waals surface area (Å²) in [4.78, 5) is 11.0. The Hall–Kier alpha value is -1.75. The number of hydrogen-bond acceptors (Lipinski definition) is 12. The van der Waals surface area contributed by atoms with Gasteiger partial charge in [-0.3, -0.25) is 10.1 Å². The van der Waals surface area contributed by atoms with E-state index in [1.165, 1.54) is 0 Å². The van der Waals surface area contributed by atoms with Gasteiger partial charge in [0.05, 0.1) is 42.7 Å². The summed E-state index contributed by atoms with van der Waals surface area (Å²) in [5.74, 6) is -4.29. The third-order valence-electron chi connectivity index (χ3n) is 15.9. The monoisotopic (exact) mass is 841 g/mol. The molecule has 0 amide bonds. The van der Waals surface area contributed by atoms with E-state index in [0.29, 0.717) is 69.1 Å². The van der Waals surface area contributed by atoms with E-state index in [2.05, 4.69) is 52.6 Å². The van der Waals surface area contributed by atoms with Crippen LogP contribution in [0.15, 0.2) is 36.5 Å². The van der Waals surface area contributed by atoms with E-state index in [1.807, 2.05) is 25.2 Å². The molecule has 9 heterocycles. The minimum Gasteiger partial charge on any atom is -0.481 e. The molecule has 8 saturated heterocycles. The van der Waals surface area contributed by atoms with E-state index < -0.39 is 53.2 Å². The van der Waals surface area contributed by atoms with Crippen molar-refractivity contribution < 1.29 is 58.0 Å². The molecule has 3 spiro atoms. The van der Waals surface area contributed by atoms with Crippen molar-refractivity contribution in [2.24, 2.45) is 35.5 Å². The highest BCUT2D eigenvalue weighted by molar-refractivity contribution is 5.66. The van der Waals surface area contributed by atoms with Gasteiger partial charge < -0.3 is 53.2 Å². The minimum absolute atomic E-state index is 0.0112. The van der Waals surface area contributed by atoms with Gasteiger partial charge in [0.1, 0.15) is 17.9 Å². The molecule has 336 valence electrons. The van der Waals surface area contributed by atoms with Gasteiger partial charge in [0.2, 0.25) is 0 Å². The molecular weight excluding hydrogens is 771 g/mol. The topological polar surface area (TPSA) is 164 Å². The molecule has 9 aliphatic heterocycles. The van der Waals surface area contributed by atoms with Crippen molar-refractivity contribution in [3.63, 3.8) is 0 Å². The van der Waals surface area contributed by atoms with Gasteiger partial charge in [-0.2, -0.15) is 0 Å². The third-order valence-corrected chi connectivity index (χ3v) is 15.9. The van der Waals surface area contributed by atoms with Crippen LogP contribution in [0.2, 0.25) is 0 Å². The number of rotatable bonds is 9. The molecule has 20 unspecified atom stereocenters. The molecule has 13 nitrogen and oxygen atoms in total. The van der Waals surface area contributed by atoms with Crippen molar-refractivity contribution in [3.05, 3.63) is 36.5 Å². The van der Waals surface area contributed by atoms with Gasteiger partial charge in [-0.05, 0) is 61.3 Å². The SMILES string of the molecule is C=C(CC12CC(C)CC(O1)C1OC3(CC1O2)NCC(C)CC3C)C1OC(O)(C(O)C2CC3OC4(CCC5(CC=CC(C=CCCC(=O)O)O5)O4)C(C)CC3O2)C(C)CC1C. The number of aliphatic hydroxyl groups excluding tert-OH is 1. The van der Waals surface area contributed by atoms with Gasteiger partial charge in [-0.25, -0.2) is 0 Å². The van der Waals surface area contributed by atoms with Gasteiger partial charge in [-0.1, -0.05) is 72.4 Å². The van der Waals surface area contributed by atoms with Gasteiger partial charge in [0.15, 0.2) is 23.1 Å². The number of carbonyl (C=O) groups is 1. The summed E-state index contributed by atoms with van der Waals surface area (Å²) in [6.07, 6.45) is 12.1. The number of hydrogen-bond donors (Lipinski definition) is 4. The Morgan fingerprint density at radius 2 is 1.67 bits per heavy atom. The van der Waals surface area contributed by atoms with Crippen molar-refractivity contribution >= 4 is 5.97 Å². The molecular formula is C47H71NO12. The first kappa shape index (κ1) is 43.5. The number of aliphatic carboxylic acids is 1. The van der Waals surface area contributed by atoms with Crippen LogP contribution in [0.25, 0.3) is 0 Å². The first-order valence-corrected chi connectivity index (χ1v) is 23.2. The molecule has 0 aromatic rings. The van der Waals surface area contributed by atoms with Crippen LogP contribution in [0.3, 0.4) is 0 Å². The van der Waals surface area contributed by atoms with Gasteiger partial charge in [0, 0.05) is 69.7 Å². The molecule has 4 N–H and O–H groups in total. The van der Waals surface area contributed by atoms with Gasteiger partial charge >= 0.3 is 5.97 Å². The number of nitrogens with one attached hydrogen (secondary N) is 1. The molecule has 0 saturated carbocycles. The predicted molar refractivity (Wildman–Crippen MR) is 219 cm³/mol. The number of piperidine rings is 1. The van der Waals surface area contributed by atoms with Crippen molar-refractivity contribution in [1.82, 2.24) is 5.32 Å². The number of carboxylic acids is 1. The van der Waals surface area contributed by atoms with Crippen LogP contribution in [-0.2, 0) is 42.7 Å². The lowest BCUT2D eigenvalue weighted by atomic mass is 9.76. The lowest BCUT2D eigenvalue weighted by Gasteiger charge is -2.53. The van der Waals surface area contributed by atoms with Crippen molar-refractivity contribution in [1.29, 1.82) is 0 Å². The molecule has 20 atom stereocenters. The Balaban J connectivity index is 0.845. The Morgan fingerprint density at radius 3 is 2.45 bits per heavy atom. The molecule has 60 heavy (non-hydrogen) atoms. The number of carboxylic acid groups (broad SMARTS) is 1. The second kappa shape index (κ2) is 16.0. The molecule has 0 aromatic heterocycles. The summed E-state index contributed by atoms with van der Waals surface area (Å²) in [5, 5.41) is 37.3. The van der Waals surface area contributed by atoms with Crippen LogP contribution in [-0.4, -0.2) is 112 Å². The van der Waals surface area contributed by atoms with Crippen molar-refractivity contribution in [2.45, 2.75) is 209 Å². The van der Waals surface area contributed by atoms with E-state index >= 15 is 0 Å². The summed E-state index contributed by atoms with van der Waals surface area (Å²) >= 11 is 0. The van der Waals surface area contributed by atoms with Crippen LogP contribution in [0.4, 0.5) is 0 Å². The molecule has 2 bridgehead atoms. The maximum absolute atomic E-state index is 12.4. The highest BCUT2D eigenvalue weighted by Crippen LogP contribution is 2.56. The van der Waals surface area contributed by atoms with Crippen molar-refractivity contribution in [2.75, 3.05) is 6.54 Å². The first-order valence-electron chi connectivity index (χ1n) is 23.2. The molecule has 9 rings (SSSR count). The molecule has 0 radical (unpaired) electrons. The highest BCUT2D eigenvalue weighted by Gasteiger charge is 2.64. The number of fused-ring (bicyclic) bond motifs is 5. The smallest absolute Gasteiger partial charge is 0.303 e. The Kier molecular flexibility index (Phi) is 11.6. The van der Waals surface area contributed by atoms with Crippen LogP contribution in [0.1, 0.15) is 125 Å². The molecule has 9 aliphatic rings. The van der Waals surface area contributed by atoms with Gasteiger partial charge in [-0.15, -0.1) is 0 Å². The second-order valence-corrected chi connectivity index (χ2v) is 20.9. The average molecular weight is 842 g/mol. The fraction of sp³-hybridized carbons (Fsp3) is 0.851. The number of aliphatic hydroxyl groups is 2. The Morgan fingerprint density at radius 1 is 0.867 bits per heavy atom. The third kappa shape index (κ3) is 7.81. The normalized spacial score (nSPS) is 52.9. The van der Waals surface area contributed by atoms with E-state index in [9.17, 15) is 15.0 Å². The van der Waals surface area contributed by atoms with E-state index in [1.54, 1.807) is 0 Å².